The number of aromatic nitrogens is 1. The average molecular weight is 304 g/mol. The van der Waals surface area contributed by atoms with E-state index in [-0.39, 0.29) is 12.3 Å². The van der Waals surface area contributed by atoms with E-state index in [0.717, 1.165) is 10.6 Å². The van der Waals surface area contributed by atoms with Gasteiger partial charge in [-0.25, -0.2) is 0 Å². The number of hydrogen-bond donors (Lipinski definition) is 2. The van der Waals surface area contributed by atoms with Gasteiger partial charge in [-0.2, -0.15) is 0 Å². The third-order valence-corrected chi connectivity index (χ3v) is 3.85. The Morgan fingerprint density at radius 2 is 2.14 bits per heavy atom. The van der Waals surface area contributed by atoms with Crippen molar-refractivity contribution >= 4 is 23.2 Å². The van der Waals surface area contributed by atoms with E-state index in [1.165, 1.54) is 0 Å². The first-order valence-corrected chi connectivity index (χ1v) is 7.47. The number of carbonyl (C=O) groups is 2. The van der Waals surface area contributed by atoms with Crippen molar-refractivity contribution in [2.75, 3.05) is 6.54 Å². The summed E-state index contributed by atoms with van der Waals surface area (Å²) in [4.78, 5) is 27.9. The number of nitrogens with zero attached hydrogens (tertiary/aromatic N) is 1. The van der Waals surface area contributed by atoms with Gasteiger partial charge in [0.2, 0.25) is 0 Å². The molecule has 2 rings (SSSR count). The molecule has 2 heterocycles. The molecule has 0 bridgehead atoms. The summed E-state index contributed by atoms with van der Waals surface area (Å²) < 4.78 is 0. The maximum absolute atomic E-state index is 12.0. The van der Waals surface area contributed by atoms with Gasteiger partial charge in [-0.05, 0) is 36.9 Å². The van der Waals surface area contributed by atoms with Gasteiger partial charge in [-0.1, -0.05) is 6.07 Å². The predicted molar refractivity (Wildman–Crippen MR) is 81.5 cm³/mol. The van der Waals surface area contributed by atoms with Crippen molar-refractivity contribution in [1.82, 2.24) is 10.3 Å². The Kier molecular flexibility index (Phi) is 5.05. The quantitative estimate of drug-likeness (QED) is 0.804. The van der Waals surface area contributed by atoms with E-state index in [4.69, 9.17) is 5.11 Å². The second-order valence-corrected chi connectivity index (χ2v) is 5.51. The summed E-state index contributed by atoms with van der Waals surface area (Å²) in [5.74, 6) is -1.08. The highest BCUT2D eigenvalue weighted by molar-refractivity contribution is 7.13. The number of aryl methyl sites for hydroxylation is 1. The molecule has 2 aromatic heterocycles. The number of pyridine rings is 1. The molecule has 0 radical (unpaired) electrons. The van der Waals surface area contributed by atoms with Crippen LogP contribution in [-0.4, -0.2) is 28.5 Å². The lowest BCUT2D eigenvalue weighted by atomic mass is 10.1. The van der Waals surface area contributed by atoms with E-state index < -0.39 is 5.97 Å². The molecule has 21 heavy (non-hydrogen) atoms. The topological polar surface area (TPSA) is 79.3 Å². The van der Waals surface area contributed by atoms with E-state index in [2.05, 4.69) is 10.3 Å². The Balaban J connectivity index is 2.00. The summed E-state index contributed by atoms with van der Waals surface area (Å²) >= 11 is 1.60. The van der Waals surface area contributed by atoms with Crippen molar-refractivity contribution in [3.63, 3.8) is 0 Å². The summed E-state index contributed by atoms with van der Waals surface area (Å²) in [6.07, 6.45) is 0.468. The molecule has 0 spiro atoms. The predicted octanol–water partition coefficient (Wildman–Crippen LogP) is 2.71. The molecule has 0 aliphatic heterocycles. The van der Waals surface area contributed by atoms with Crippen LogP contribution in [0.1, 0.15) is 28.9 Å². The first-order chi connectivity index (χ1) is 10.1. The normalized spacial score (nSPS) is 10.3. The number of aliphatic carboxylic acids is 1. The lowest BCUT2D eigenvalue weighted by Crippen LogP contribution is -2.25. The zero-order valence-electron chi connectivity index (χ0n) is 11.6. The molecule has 0 saturated heterocycles. The Hall–Kier alpha value is -2.21. The van der Waals surface area contributed by atoms with Crippen molar-refractivity contribution in [3.8, 4) is 10.6 Å². The minimum Gasteiger partial charge on any atom is -0.481 e. The molecule has 1 amide bonds. The van der Waals surface area contributed by atoms with E-state index in [1.807, 2.05) is 23.6 Å². The number of thiophene rings is 1. The van der Waals surface area contributed by atoms with Crippen LogP contribution in [0.15, 0.2) is 29.6 Å². The SMILES string of the molecule is Cc1nc(-c2cccs2)ccc1C(=O)NCCCC(=O)O. The van der Waals surface area contributed by atoms with Crippen LogP contribution in [0.4, 0.5) is 0 Å². The Morgan fingerprint density at radius 1 is 1.33 bits per heavy atom. The maximum atomic E-state index is 12.0. The van der Waals surface area contributed by atoms with Crippen LogP contribution in [0.25, 0.3) is 10.6 Å². The average Bonchev–Trinajstić information content (AvgIpc) is 2.97. The van der Waals surface area contributed by atoms with Crippen LogP contribution in [0, 0.1) is 6.92 Å². The Labute approximate surface area is 126 Å². The van der Waals surface area contributed by atoms with Crippen LogP contribution in [0.2, 0.25) is 0 Å². The van der Waals surface area contributed by atoms with Gasteiger partial charge in [0.1, 0.15) is 0 Å². The lowest BCUT2D eigenvalue weighted by Gasteiger charge is -2.08. The first kappa shape index (κ1) is 15.2. The Bertz CT molecular complexity index is 638. The summed E-state index contributed by atoms with van der Waals surface area (Å²) in [6.45, 7) is 2.14. The molecule has 0 atom stereocenters. The van der Waals surface area contributed by atoms with Crippen LogP contribution < -0.4 is 5.32 Å². The van der Waals surface area contributed by atoms with Gasteiger partial charge in [-0.15, -0.1) is 11.3 Å². The monoisotopic (exact) mass is 304 g/mol. The van der Waals surface area contributed by atoms with Gasteiger partial charge in [0.05, 0.1) is 21.8 Å². The standard InChI is InChI=1S/C15H16N2O3S/c1-10-11(15(20)16-8-2-5-14(18)19)6-7-12(17-10)13-4-3-9-21-13/h3-4,6-7,9H,2,5,8H2,1H3,(H,16,20)(H,18,19). The second-order valence-electron chi connectivity index (χ2n) is 4.56. The molecule has 110 valence electrons. The summed E-state index contributed by atoms with van der Waals surface area (Å²) in [6, 6.07) is 7.52. The van der Waals surface area contributed by atoms with Crippen molar-refractivity contribution in [3.05, 3.63) is 40.9 Å². The number of hydrogen-bond acceptors (Lipinski definition) is 4. The van der Waals surface area contributed by atoms with E-state index in [1.54, 1.807) is 24.3 Å². The largest absolute Gasteiger partial charge is 0.481 e. The highest BCUT2D eigenvalue weighted by Crippen LogP contribution is 2.23. The number of rotatable bonds is 6. The summed E-state index contributed by atoms with van der Waals surface area (Å²) in [5.41, 5.74) is 2.03. The number of carbonyl (C=O) groups excluding carboxylic acids is 1. The molecule has 2 aromatic rings. The van der Waals surface area contributed by atoms with Crippen LogP contribution in [-0.2, 0) is 4.79 Å². The maximum Gasteiger partial charge on any atom is 0.303 e. The third-order valence-electron chi connectivity index (χ3n) is 2.96. The number of nitrogens with one attached hydrogen (secondary N) is 1. The van der Waals surface area contributed by atoms with Gasteiger partial charge in [0, 0.05) is 13.0 Å². The molecule has 0 aromatic carbocycles. The molecular formula is C15H16N2O3S. The van der Waals surface area contributed by atoms with Crippen molar-refractivity contribution in [2.45, 2.75) is 19.8 Å². The highest BCUT2D eigenvalue weighted by Gasteiger charge is 2.11. The molecule has 5 nitrogen and oxygen atoms in total. The van der Waals surface area contributed by atoms with Crippen LogP contribution >= 0.6 is 11.3 Å². The molecule has 0 unspecified atom stereocenters. The minimum absolute atomic E-state index is 0.0504. The van der Waals surface area contributed by atoms with Gasteiger partial charge >= 0.3 is 5.97 Å². The minimum atomic E-state index is -0.859. The van der Waals surface area contributed by atoms with Crippen molar-refractivity contribution < 1.29 is 14.7 Å². The second kappa shape index (κ2) is 6.99. The third kappa shape index (κ3) is 4.13. The molecule has 0 aliphatic carbocycles. The first-order valence-electron chi connectivity index (χ1n) is 6.59. The van der Waals surface area contributed by atoms with E-state index in [9.17, 15) is 9.59 Å². The number of carboxylic acid groups (broad SMARTS) is 1. The van der Waals surface area contributed by atoms with Gasteiger partial charge in [-0.3, -0.25) is 14.6 Å². The Morgan fingerprint density at radius 3 is 2.76 bits per heavy atom. The van der Waals surface area contributed by atoms with Gasteiger partial charge in [0.25, 0.3) is 5.91 Å². The number of carboxylic acids is 1. The zero-order chi connectivity index (χ0) is 15.2. The molecular weight excluding hydrogens is 288 g/mol. The molecule has 0 saturated carbocycles. The summed E-state index contributed by atoms with van der Waals surface area (Å²) in [7, 11) is 0. The van der Waals surface area contributed by atoms with E-state index >= 15 is 0 Å². The van der Waals surface area contributed by atoms with Crippen LogP contribution in [0.3, 0.4) is 0 Å². The zero-order valence-corrected chi connectivity index (χ0v) is 12.4. The smallest absolute Gasteiger partial charge is 0.303 e. The van der Waals surface area contributed by atoms with Crippen LogP contribution in [0.5, 0.6) is 0 Å². The molecule has 6 heteroatoms. The van der Waals surface area contributed by atoms with E-state index in [0.29, 0.717) is 24.2 Å². The summed E-state index contributed by atoms with van der Waals surface area (Å²) in [5, 5.41) is 13.2. The highest BCUT2D eigenvalue weighted by atomic mass is 32.1. The fourth-order valence-electron chi connectivity index (χ4n) is 1.90. The molecule has 0 aliphatic rings. The molecule has 0 fully saturated rings. The fourth-order valence-corrected chi connectivity index (χ4v) is 2.59. The van der Waals surface area contributed by atoms with Gasteiger partial charge < -0.3 is 10.4 Å². The lowest BCUT2D eigenvalue weighted by molar-refractivity contribution is -0.137. The fraction of sp³-hybridized carbons (Fsp3) is 0.267. The van der Waals surface area contributed by atoms with Crippen molar-refractivity contribution in [2.24, 2.45) is 0 Å². The molecule has 2 N–H and O–H groups in total. The number of amides is 1. The van der Waals surface area contributed by atoms with Crippen molar-refractivity contribution in [1.29, 1.82) is 0 Å². The van der Waals surface area contributed by atoms with Gasteiger partial charge in [0.15, 0.2) is 0 Å².